The highest BCUT2D eigenvalue weighted by molar-refractivity contribution is 5.93. The zero-order valence-corrected chi connectivity index (χ0v) is 16.7. The van der Waals surface area contributed by atoms with Crippen molar-refractivity contribution in [2.75, 3.05) is 23.7 Å². The molecule has 1 aromatic carbocycles. The number of hydrogen-bond donors (Lipinski definition) is 3. The van der Waals surface area contributed by atoms with Gasteiger partial charge in [-0.05, 0) is 38.1 Å². The molecule has 2 heterocycles. The Morgan fingerprint density at radius 1 is 1.07 bits per heavy atom. The standard InChI is InChI=1S/C21H24N6O2/c1-14-6-8-16(9-7-14)25-18-13-15(2)24-21(26-18)23-11-10-22-19(28)17-5-4-12-27(3)20(17)29/h4-9,12-13H,10-11H2,1-3H3,(H,22,28)(H2,23,24,25,26). The first-order valence-electron chi connectivity index (χ1n) is 9.29. The van der Waals surface area contributed by atoms with Crippen molar-refractivity contribution in [1.29, 1.82) is 0 Å². The first-order chi connectivity index (χ1) is 13.9. The summed E-state index contributed by atoms with van der Waals surface area (Å²) in [6, 6.07) is 13.1. The predicted molar refractivity (Wildman–Crippen MR) is 114 cm³/mol. The van der Waals surface area contributed by atoms with Crippen LogP contribution in [0.2, 0.25) is 0 Å². The monoisotopic (exact) mass is 392 g/mol. The van der Waals surface area contributed by atoms with Crippen LogP contribution in [0.5, 0.6) is 0 Å². The Labute approximate surface area is 169 Å². The lowest BCUT2D eigenvalue weighted by atomic mass is 10.2. The largest absolute Gasteiger partial charge is 0.352 e. The molecule has 0 atom stereocenters. The molecule has 0 radical (unpaired) electrons. The van der Waals surface area contributed by atoms with Crippen LogP contribution in [-0.4, -0.2) is 33.5 Å². The van der Waals surface area contributed by atoms with Crippen molar-refractivity contribution in [3.63, 3.8) is 0 Å². The molecule has 2 aromatic heterocycles. The predicted octanol–water partition coefficient (Wildman–Crippen LogP) is 2.38. The molecule has 3 N–H and O–H groups in total. The summed E-state index contributed by atoms with van der Waals surface area (Å²) in [6.45, 7) is 4.68. The van der Waals surface area contributed by atoms with Crippen LogP contribution in [-0.2, 0) is 7.05 Å². The molecule has 0 aliphatic carbocycles. The number of nitrogens with one attached hydrogen (secondary N) is 3. The van der Waals surface area contributed by atoms with Gasteiger partial charge in [-0.25, -0.2) is 4.98 Å². The van der Waals surface area contributed by atoms with E-state index in [9.17, 15) is 9.59 Å². The Kier molecular flexibility index (Phi) is 6.23. The molecule has 0 fully saturated rings. The van der Waals surface area contributed by atoms with Crippen molar-refractivity contribution in [3.8, 4) is 0 Å². The van der Waals surface area contributed by atoms with Crippen LogP contribution in [0.4, 0.5) is 17.5 Å². The Morgan fingerprint density at radius 2 is 1.83 bits per heavy atom. The minimum Gasteiger partial charge on any atom is -0.352 e. The third-order valence-electron chi connectivity index (χ3n) is 4.24. The summed E-state index contributed by atoms with van der Waals surface area (Å²) in [4.78, 5) is 33.0. The molecule has 3 rings (SSSR count). The molecular formula is C21H24N6O2. The van der Waals surface area contributed by atoms with Gasteiger partial charge in [0.05, 0.1) is 0 Å². The second kappa shape index (κ2) is 9.01. The maximum absolute atomic E-state index is 12.2. The molecule has 0 saturated carbocycles. The van der Waals surface area contributed by atoms with Crippen molar-refractivity contribution in [3.05, 3.63) is 75.8 Å². The van der Waals surface area contributed by atoms with E-state index in [4.69, 9.17) is 0 Å². The van der Waals surface area contributed by atoms with Gasteiger partial charge in [0.2, 0.25) is 5.95 Å². The van der Waals surface area contributed by atoms with Crippen molar-refractivity contribution in [1.82, 2.24) is 19.9 Å². The first kappa shape index (κ1) is 20.1. The van der Waals surface area contributed by atoms with Crippen LogP contribution in [0, 0.1) is 13.8 Å². The summed E-state index contributed by atoms with van der Waals surface area (Å²) in [6.07, 6.45) is 1.61. The zero-order chi connectivity index (χ0) is 20.8. The number of carbonyl (C=O) groups is 1. The second-order valence-corrected chi connectivity index (χ2v) is 6.73. The van der Waals surface area contributed by atoms with Crippen molar-refractivity contribution in [2.45, 2.75) is 13.8 Å². The van der Waals surface area contributed by atoms with Gasteiger partial charge in [0.15, 0.2) is 0 Å². The third kappa shape index (κ3) is 5.41. The Hall–Kier alpha value is -3.68. The lowest BCUT2D eigenvalue weighted by Gasteiger charge is -2.11. The van der Waals surface area contributed by atoms with Gasteiger partial charge in [-0.3, -0.25) is 9.59 Å². The zero-order valence-electron chi connectivity index (χ0n) is 16.7. The number of carbonyl (C=O) groups excluding carboxylic acids is 1. The maximum Gasteiger partial charge on any atom is 0.263 e. The highest BCUT2D eigenvalue weighted by Crippen LogP contribution is 2.17. The normalized spacial score (nSPS) is 10.4. The van der Waals surface area contributed by atoms with E-state index >= 15 is 0 Å². The van der Waals surface area contributed by atoms with Crippen molar-refractivity contribution in [2.24, 2.45) is 7.05 Å². The number of aryl methyl sites for hydroxylation is 3. The third-order valence-corrected chi connectivity index (χ3v) is 4.24. The van der Waals surface area contributed by atoms with Gasteiger partial charge in [-0.2, -0.15) is 4.98 Å². The van der Waals surface area contributed by atoms with Gasteiger partial charge >= 0.3 is 0 Å². The molecule has 0 spiro atoms. The fourth-order valence-corrected chi connectivity index (χ4v) is 2.71. The van der Waals surface area contributed by atoms with E-state index in [1.807, 2.05) is 44.2 Å². The second-order valence-electron chi connectivity index (χ2n) is 6.73. The molecule has 8 nitrogen and oxygen atoms in total. The van der Waals surface area contributed by atoms with Gasteiger partial charge in [-0.15, -0.1) is 0 Å². The fraction of sp³-hybridized carbons (Fsp3) is 0.238. The molecule has 0 unspecified atom stereocenters. The highest BCUT2D eigenvalue weighted by atomic mass is 16.2. The van der Waals surface area contributed by atoms with Crippen molar-refractivity contribution < 1.29 is 4.79 Å². The van der Waals surface area contributed by atoms with Crippen LogP contribution >= 0.6 is 0 Å². The molecule has 1 amide bonds. The van der Waals surface area contributed by atoms with Crippen LogP contribution < -0.4 is 21.5 Å². The van der Waals surface area contributed by atoms with E-state index in [1.54, 1.807) is 19.3 Å². The molecular weight excluding hydrogens is 368 g/mol. The molecule has 29 heavy (non-hydrogen) atoms. The lowest BCUT2D eigenvalue weighted by Crippen LogP contribution is -2.34. The average Bonchev–Trinajstić information content (AvgIpc) is 2.68. The van der Waals surface area contributed by atoms with Gasteiger partial charge in [-0.1, -0.05) is 17.7 Å². The first-order valence-corrected chi connectivity index (χ1v) is 9.29. The van der Waals surface area contributed by atoms with Crippen LogP contribution in [0.1, 0.15) is 21.6 Å². The Balaban J connectivity index is 1.56. The number of amides is 1. The van der Waals surface area contributed by atoms with E-state index in [-0.39, 0.29) is 11.1 Å². The molecule has 0 bridgehead atoms. The Morgan fingerprint density at radius 3 is 2.59 bits per heavy atom. The lowest BCUT2D eigenvalue weighted by molar-refractivity contribution is 0.0953. The molecule has 0 aliphatic rings. The van der Waals surface area contributed by atoms with Crippen LogP contribution in [0.3, 0.4) is 0 Å². The minimum absolute atomic E-state index is 0.117. The summed E-state index contributed by atoms with van der Waals surface area (Å²) in [5, 5.41) is 9.08. The number of rotatable bonds is 7. The summed E-state index contributed by atoms with van der Waals surface area (Å²) in [5.74, 6) is 0.741. The van der Waals surface area contributed by atoms with Gasteiger partial charge in [0, 0.05) is 43.8 Å². The molecule has 0 saturated heterocycles. The summed E-state index contributed by atoms with van der Waals surface area (Å²) >= 11 is 0. The van der Waals surface area contributed by atoms with Gasteiger partial charge in [0.1, 0.15) is 11.4 Å². The highest BCUT2D eigenvalue weighted by Gasteiger charge is 2.10. The van der Waals surface area contributed by atoms with E-state index in [0.717, 1.165) is 11.4 Å². The Bertz CT molecular complexity index is 1060. The summed E-state index contributed by atoms with van der Waals surface area (Å²) in [5.41, 5.74) is 2.73. The molecule has 0 aliphatic heterocycles. The quantitative estimate of drug-likeness (QED) is 0.534. The molecule has 3 aromatic rings. The number of anilines is 3. The average molecular weight is 392 g/mol. The number of nitrogens with zero attached hydrogens (tertiary/aromatic N) is 3. The topological polar surface area (TPSA) is 101 Å². The molecule has 8 heteroatoms. The number of benzene rings is 1. The molecule has 150 valence electrons. The van der Waals surface area contributed by atoms with Crippen molar-refractivity contribution >= 4 is 23.4 Å². The number of aromatic nitrogens is 3. The van der Waals surface area contributed by atoms with E-state index in [2.05, 4.69) is 25.9 Å². The minimum atomic E-state index is -0.403. The number of hydrogen-bond acceptors (Lipinski definition) is 6. The van der Waals surface area contributed by atoms with Gasteiger partial charge < -0.3 is 20.5 Å². The maximum atomic E-state index is 12.2. The van der Waals surface area contributed by atoms with E-state index < -0.39 is 5.91 Å². The van der Waals surface area contributed by atoms with Crippen LogP contribution in [0.15, 0.2) is 53.5 Å². The summed E-state index contributed by atoms with van der Waals surface area (Å²) in [7, 11) is 1.61. The fourth-order valence-electron chi connectivity index (χ4n) is 2.71. The SMILES string of the molecule is Cc1ccc(Nc2cc(C)nc(NCCNC(=O)c3cccn(C)c3=O)n2)cc1. The smallest absolute Gasteiger partial charge is 0.263 e. The van der Waals surface area contributed by atoms with Crippen LogP contribution in [0.25, 0.3) is 0 Å². The van der Waals surface area contributed by atoms with Gasteiger partial charge in [0.25, 0.3) is 11.5 Å². The van der Waals surface area contributed by atoms with E-state index in [1.165, 1.54) is 16.2 Å². The van der Waals surface area contributed by atoms with E-state index in [0.29, 0.717) is 24.9 Å². The number of pyridine rings is 1. The summed E-state index contributed by atoms with van der Waals surface area (Å²) < 4.78 is 1.37.